The van der Waals surface area contributed by atoms with E-state index in [9.17, 15) is 0 Å². The first-order valence-corrected chi connectivity index (χ1v) is 4.16. The Bertz CT molecular complexity index is 137. The third-order valence-electron chi connectivity index (χ3n) is 2.85. The molecule has 0 saturated heterocycles. The van der Waals surface area contributed by atoms with Gasteiger partial charge in [0.1, 0.15) is 0 Å². The van der Waals surface area contributed by atoms with E-state index in [0.29, 0.717) is 11.5 Å². The molecule has 2 N–H and O–H groups in total. The lowest BCUT2D eigenvalue weighted by Crippen LogP contribution is -2.55. The second-order valence-electron chi connectivity index (χ2n) is 3.78. The van der Waals surface area contributed by atoms with Crippen LogP contribution in [0.4, 0.5) is 0 Å². The van der Waals surface area contributed by atoms with Gasteiger partial charge in [0.15, 0.2) is 0 Å². The number of aliphatic hydroxyl groups excluding tert-OH is 1. The number of aliphatic hydroxyl groups is 1. The van der Waals surface area contributed by atoms with Crippen LogP contribution < -0.4 is 4.84 Å². The minimum Gasteiger partial charge on any atom is -0.393 e. The highest BCUT2D eigenvalue weighted by molar-refractivity contribution is 6.13. The van der Waals surface area contributed by atoms with Crippen molar-refractivity contribution in [2.24, 2.45) is 5.41 Å². The summed E-state index contributed by atoms with van der Waals surface area (Å²) in [6, 6.07) is 0.508. The predicted molar refractivity (Wildman–Crippen MR) is 39.7 cm³/mol. The minimum atomic E-state index is -0.0173. The quantitative estimate of drug-likeness (QED) is 0.564. The van der Waals surface area contributed by atoms with Crippen LogP contribution in [-0.4, -0.2) is 17.3 Å². The van der Waals surface area contributed by atoms with E-state index in [4.69, 9.17) is 16.9 Å². The molecule has 0 aliphatic heterocycles. The number of hydrogen-bond donors (Lipinski definition) is 2. The maximum absolute atomic E-state index is 9.05. The SMILES string of the molecule is OC1CC2(C1)CC(NCl)C2. The van der Waals surface area contributed by atoms with Crippen molar-refractivity contribution in [1.82, 2.24) is 4.84 Å². The highest BCUT2D eigenvalue weighted by Crippen LogP contribution is 2.55. The summed E-state index contributed by atoms with van der Waals surface area (Å²) in [5.41, 5.74) is 0.492. The average Bonchev–Trinajstić information content (AvgIpc) is 1.74. The summed E-state index contributed by atoms with van der Waals surface area (Å²) in [6.45, 7) is 0. The smallest absolute Gasteiger partial charge is 0.0550 e. The normalized spacial score (nSPS) is 52.2. The molecule has 58 valence electrons. The molecule has 2 fully saturated rings. The van der Waals surface area contributed by atoms with E-state index in [1.54, 1.807) is 0 Å². The van der Waals surface area contributed by atoms with E-state index < -0.39 is 0 Å². The number of halogens is 1. The van der Waals surface area contributed by atoms with Crippen LogP contribution in [0.25, 0.3) is 0 Å². The molecular weight excluding hydrogens is 150 g/mol. The lowest BCUT2D eigenvalue weighted by molar-refractivity contribution is -0.0931. The van der Waals surface area contributed by atoms with Crippen LogP contribution in [0, 0.1) is 5.41 Å². The first-order valence-electron chi connectivity index (χ1n) is 3.78. The van der Waals surface area contributed by atoms with Crippen LogP contribution in [-0.2, 0) is 0 Å². The molecule has 0 heterocycles. The number of hydrogen-bond acceptors (Lipinski definition) is 2. The molecule has 0 unspecified atom stereocenters. The van der Waals surface area contributed by atoms with Crippen molar-refractivity contribution in [3.05, 3.63) is 0 Å². The van der Waals surface area contributed by atoms with Gasteiger partial charge in [-0.15, -0.1) is 0 Å². The van der Waals surface area contributed by atoms with E-state index in [2.05, 4.69) is 4.84 Å². The molecule has 0 amide bonds. The third kappa shape index (κ3) is 0.865. The second kappa shape index (κ2) is 2.10. The molecule has 2 aliphatic carbocycles. The highest BCUT2D eigenvalue weighted by Gasteiger charge is 2.52. The van der Waals surface area contributed by atoms with Gasteiger partial charge in [0.05, 0.1) is 6.10 Å². The van der Waals surface area contributed by atoms with Crippen LogP contribution in [0.5, 0.6) is 0 Å². The third-order valence-corrected chi connectivity index (χ3v) is 3.16. The van der Waals surface area contributed by atoms with Gasteiger partial charge in [-0.3, -0.25) is 0 Å². The molecule has 10 heavy (non-hydrogen) atoms. The Labute approximate surface area is 65.7 Å². The van der Waals surface area contributed by atoms with E-state index in [1.807, 2.05) is 0 Å². The van der Waals surface area contributed by atoms with Gasteiger partial charge in [-0.25, -0.2) is 4.84 Å². The second-order valence-corrected chi connectivity index (χ2v) is 3.99. The van der Waals surface area contributed by atoms with Gasteiger partial charge in [-0.1, -0.05) is 0 Å². The maximum atomic E-state index is 9.05. The molecule has 1 spiro atoms. The van der Waals surface area contributed by atoms with Crippen molar-refractivity contribution in [2.45, 2.75) is 37.8 Å². The fraction of sp³-hybridized carbons (Fsp3) is 1.00. The number of rotatable bonds is 1. The number of nitrogens with one attached hydrogen (secondary N) is 1. The summed E-state index contributed by atoms with van der Waals surface area (Å²) < 4.78 is 0. The van der Waals surface area contributed by atoms with Crippen molar-refractivity contribution in [2.75, 3.05) is 0 Å². The Morgan fingerprint density at radius 1 is 1.30 bits per heavy atom. The summed E-state index contributed by atoms with van der Waals surface area (Å²) in [5, 5.41) is 9.05. The van der Waals surface area contributed by atoms with E-state index in [-0.39, 0.29) is 6.10 Å². The molecule has 0 aromatic carbocycles. The Morgan fingerprint density at radius 2 is 1.90 bits per heavy atom. The molecule has 0 radical (unpaired) electrons. The molecule has 0 aromatic rings. The largest absolute Gasteiger partial charge is 0.393 e. The predicted octanol–water partition coefficient (Wildman–Crippen LogP) is 1.03. The molecule has 0 atom stereocenters. The maximum Gasteiger partial charge on any atom is 0.0550 e. The fourth-order valence-corrected chi connectivity index (χ4v) is 2.49. The molecule has 2 nitrogen and oxygen atoms in total. The molecule has 0 bridgehead atoms. The van der Waals surface area contributed by atoms with Crippen molar-refractivity contribution in [3.63, 3.8) is 0 Å². The van der Waals surface area contributed by atoms with Crippen LogP contribution in [0.2, 0.25) is 0 Å². The van der Waals surface area contributed by atoms with Gasteiger partial charge < -0.3 is 5.11 Å². The summed E-state index contributed by atoms with van der Waals surface area (Å²) in [7, 11) is 0. The molecule has 2 saturated carbocycles. The summed E-state index contributed by atoms with van der Waals surface area (Å²) in [4.78, 5) is 2.73. The molecule has 3 heteroatoms. The zero-order valence-corrected chi connectivity index (χ0v) is 6.56. The summed E-state index contributed by atoms with van der Waals surface area (Å²) in [6.07, 6.45) is 4.31. The topological polar surface area (TPSA) is 32.3 Å². The van der Waals surface area contributed by atoms with Gasteiger partial charge in [0, 0.05) is 6.04 Å². The molecule has 0 aromatic heterocycles. The summed E-state index contributed by atoms with van der Waals surface area (Å²) in [5.74, 6) is 0. The lowest BCUT2D eigenvalue weighted by atomic mass is 9.53. The van der Waals surface area contributed by atoms with Crippen molar-refractivity contribution >= 4 is 11.8 Å². The van der Waals surface area contributed by atoms with Gasteiger partial charge in [-0.2, -0.15) is 0 Å². The van der Waals surface area contributed by atoms with Crippen molar-refractivity contribution in [1.29, 1.82) is 0 Å². The van der Waals surface area contributed by atoms with Crippen LogP contribution in [0.1, 0.15) is 25.7 Å². The Kier molecular flexibility index (Phi) is 1.44. The van der Waals surface area contributed by atoms with Gasteiger partial charge in [0.2, 0.25) is 0 Å². The summed E-state index contributed by atoms with van der Waals surface area (Å²) >= 11 is 5.44. The van der Waals surface area contributed by atoms with E-state index in [0.717, 1.165) is 25.7 Å². The van der Waals surface area contributed by atoms with Gasteiger partial charge in [-0.05, 0) is 42.9 Å². The first-order chi connectivity index (χ1) is 4.74. The van der Waals surface area contributed by atoms with E-state index >= 15 is 0 Å². The van der Waals surface area contributed by atoms with Crippen molar-refractivity contribution in [3.8, 4) is 0 Å². The Morgan fingerprint density at radius 3 is 2.30 bits per heavy atom. The van der Waals surface area contributed by atoms with E-state index in [1.165, 1.54) is 0 Å². The Hall–Kier alpha value is 0.210. The fourth-order valence-electron chi connectivity index (χ4n) is 2.34. The lowest BCUT2D eigenvalue weighted by Gasteiger charge is -2.55. The minimum absolute atomic E-state index is 0.0173. The first kappa shape index (κ1) is 6.89. The standard InChI is InChI=1S/C7H12ClNO/c8-9-5-1-7(2-5)3-6(10)4-7/h5-6,9-10H,1-4H2. The van der Waals surface area contributed by atoms with Crippen molar-refractivity contribution < 1.29 is 5.11 Å². The molecule has 2 rings (SSSR count). The van der Waals surface area contributed by atoms with Crippen LogP contribution in [0.3, 0.4) is 0 Å². The monoisotopic (exact) mass is 161 g/mol. The van der Waals surface area contributed by atoms with Crippen LogP contribution in [0.15, 0.2) is 0 Å². The van der Waals surface area contributed by atoms with Gasteiger partial charge in [0.25, 0.3) is 0 Å². The highest BCUT2D eigenvalue weighted by atomic mass is 35.5. The van der Waals surface area contributed by atoms with Gasteiger partial charge >= 0.3 is 0 Å². The average molecular weight is 162 g/mol. The Balaban J connectivity index is 1.80. The molecule has 2 aliphatic rings. The zero-order chi connectivity index (χ0) is 7.19. The zero-order valence-electron chi connectivity index (χ0n) is 5.81. The van der Waals surface area contributed by atoms with Crippen LogP contribution >= 0.6 is 11.8 Å². The molecular formula is C7H12ClNO.